The quantitative estimate of drug-likeness (QED) is 0.452. The van der Waals surface area contributed by atoms with Gasteiger partial charge < -0.3 is 4.90 Å². The highest BCUT2D eigenvalue weighted by Gasteiger charge is 2.14. The number of carbonyl (C=O) groups excluding carboxylic acids is 1. The molecule has 0 saturated heterocycles. The van der Waals surface area contributed by atoms with Gasteiger partial charge in [0.25, 0.3) is 5.91 Å². The average molecular weight is 379 g/mol. The molecule has 138 valence electrons. The van der Waals surface area contributed by atoms with Gasteiger partial charge in [-0.1, -0.05) is 60.3 Å². The van der Waals surface area contributed by atoms with Gasteiger partial charge in [0.05, 0.1) is 0 Å². The molecular formula is C21H22N4OS. The molecule has 0 radical (unpaired) electrons. The average Bonchev–Trinajstić information content (AvgIpc) is 3.24. The molecule has 3 rings (SSSR count). The topological polar surface area (TPSA) is 61.9 Å². The number of amides is 1. The summed E-state index contributed by atoms with van der Waals surface area (Å²) in [5, 5.41) is 7.44. The number of rotatable bonds is 9. The van der Waals surface area contributed by atoms with Crippen LogP contribution in [0.1, 0.15) is 21.5 Å². The highest BCUT2D eigenvalue weighted by molar-refractivity contribution is 7.98. The summed E-state index contributed by atoms with van der Waals surface area (Å²) in [6.07, 6.45) is 4.09. The molecule has 0 aliphatic heterocycles. The van der Waals surface area contributed by atoms with E-state index < -0.39 is 0 Å². The normalized spacial score (nSPS) is 10.5. The van der Waals surface area contributed by atoms with E-state index in [0.717, 1.165) is 22.9 Å². The van der Waals surface area contributed by atoms with Gasteiger partial charge in [-0.25, -0.2) is 4.98 Å². The summed E-state index contributed by atoms with van der Waals surface area (Å²) in [5.74, 6) is 0.800. The molecule has 0 aliphatic rings. The predicted octanol–water partition coefficient (Wildman–Crippen LogP) is 3.97. The summed E-state index contributed by atoms with van der Waals surface area (Å²) in [6.45, 7) is 4.98. The zero-order valence-electron chi connectivity index (χ0n) is 15.0. The van der Waals surface area contributed by atoms with Gasteiger partial charge in [0.2, 0.25) is 0 Å². The van der Waals surface area contributed by atoms with Crippen molar-refractivity contribution < 1.29 is 4.79 Å². The van der Waals surface area contributed by atoms with Crippen LogP contribution < -0.4 is 0 Å². The Bertz CT molecular complexity index is 848. The lowest BCUT2D eigenvalue weighted by Crippen LogP contribution is -2.33. The van der Waals surface area contributed by atoms with Crippen LogP contribution in [0.15, 0.2) is 78.7 Å². The van der Waals surface area contributed by atoms with Crippen molar-refractivity contribution in [2.24, 2.45) is 0 Å². The summed E-state index contributed by atoms with van der Waals surface area (Å²) in [7, 11) is 0. The molecule has 1 aromatic heterocycles. The molecule has 0 fully saturated rings. The Morgan fingerprint density at radius 3 is 2.56 bits per heavy atom. The summed E-state index contributed by atoms with van der Waals surface area (Å²) >= 11 is 1.58. The second kappa shape index (κ2) is 9.73. The Balaban J connectivity index is 1.60. The zero-order valence-corrected chi connectivity index (χ0v) is 15.9. The van der Waals surface area contributed by atoms with Crippen molar-refractivity contribution in [3.8, 4) is 0 Å². The maximum atomic E-state index is 12.9. The van der Waals surface area contributed by atoms with E-state index in [2.05, 4.69) is 33.9 Å². The van der Waals surface area contributed by atoms with Gasteiger partial charge in [-0.2, -0.15) is 5.10 Å². The molecular weight excluding hydrogens is 356 g/mol. The smallest absolute Gasteiger partial charge is 0.254 e. The third-order valence-corrected chi connectivity index (χ3v) is 5.07. The third kappa shape index (κ3) is 5.56. The fraction of sp³-hybridized carbons (Fsp3) is 0.190. The monoisotopic (exact) mass is 378 g/mol. The molecule has 0 unspecified atom stereocenters. The number of nitrogens with one attached hydrogen (secondary N) is 1. The van der Waals surface area contributed by atoms with E-state index >= 15 is 0 Å². The van der Waals surface area contributed by atoms with Crippen LogP contribution in [0.3, 0.4) is 0 Å². The van der Waals surface area contributed by atoms with Crippen LogP contribution in [0.5, 0.6) is 0 Å². The van der Waals surface area contributed by atoms with Gasteiger partial charge in [-0.15, -0.1) is 6.58 Å². The molecule has 5 nitrogen and oxygen atoms in total. The maximum Gasteiger partial charge on any atom is 0.254 e. The molecule has 0 saturated carbocycles. The Labute approximate surface area is 163 Å². The van der Waals surface area contributed by atoms with Crippen molar-refractivity contribution in [1.29, 1.82) is 0 Å². The molecule has 0 bridgehead atoms. The molecule has 0 aliphatic carbocycles. The molecule has 27 heavy (non-hydrogen) atoms. The number of thioether (sulfide) groups is 1. The lowest BCUT2D eigenvalue weighted by atomic mass is 10.1. The number of hydrogen-bond acceptors (Lipinski definition) is 4. The van der Waals surface area contributed by atoms with Crippen LogP contribution in [0.25, 0.3) is 0 Å². The SMILES string of the molecule is C=CCN(CCc1ccccc1)C(=O)c1ccc(CSc2ncn[nH]2)cc1. The van der Waals surface area contributed by atoms with Crippen molar-refractivity contribution in [3.05, 3.63) is 90.3 Å². The highest BCUT2D eigenvalue weighted by Crippen LogP contribution is 2.19. The first-order chi connectivity index (χ1) is 13.3. The number of aromatic nitrogens is 3. The first-order valence-electron chi connectivity index (χ1n) is 8.77. The van der Waals surface area contributed by atoms with E-state index in [0.29, 0.717) is 18.7 Å². The highest BCUT2D eigenvalue weighted by atomic mass is 32.2. The molecule has 6 heteroatoms. The van der Waals surface area contributed by atoms with Crippen LogP contribution in [-0.2, 0) is 12.2 Å². The first-order valence-corrected chi connectivity index (χ1v) is 9.76. The number of aromatic amines is 1. The lowest BCUT2D eigenvalue weighted by molar-refractivity contribution is 0.0775. The largest absolute Gasteiger partial charge is 0.335 e. The van der Waals surface area contributed by atoms with E-state index in [1.165, 1.54) is 11.9 Å². The van der Waals surface area contributed by atoms with E-state index in [1.54, 1.807) is 17.8 Å². The Hall–Kier alpha value is -2.86. The number of hydrogen-bond donors (Lipinski definition) is 1. The fourth-order valence-electron chi connectivity index (χ4n) is 2.68. The Morgan fingerprint density at radius 2 is 1.89 bits per heavy atom. The van der Waals surface area contributed by atoms with E-state index in [9.17, 15) is 4.79 Å². The van der Waals surface area contributed by atoms with Gasteiger partial charge in [0.15, 0.2) is 5.16 Å². The Morgan fingerprint density at radius 1 is 1.11 bits per heavy atom. The van der Waals surface area contributed by atoms with Gasteiger partial charge >= 0.3 is 0 Å². The minimum absolute atomic E-state index is 0.0280. The minimum atomic E-state index is 0.0280. The summed E-state index contributed by atoms with van der Waals surface area (Å²) < 4.78 is 0. The van der Waals surface area contributed by atoms with E-state index in [4.69, 9.17) is 0 Å². The molecule has 2 aromatic carbocycles. The van der Waals surface area contributed by atoms with Crippen LogP contribution >= 0.6 is 11.8 Å². The predicted molar refractivity (Wildman–Crippen MR) is 109 cm³/mol. The Kier molecular flexibility index (Phi) is 6.82. The molecule has 1 N–H and O–H groups in total. The number of carbonyl (C=O) groups is 1. The number of nitrogens with zero attached hydrogens (tertiary/aromatic N) is 3. The lowest BCUT2D eigenvalue weighted by Gasteiger charge is -2.21. The van der Waals surface area contributed by atoms with Crippen LogP contribution in [0.2, 0.25) is 0 Å². The van der Waals surface area contributed by atoms with Gasteiger partial charge in [0.1, 0.15) is 6.33 Å². The van der Waals surface area contributed by atoms with E-state index in [1.807, 2.05) is 47.4 Å². The van der Waals surface area contributed by atoms with Crippen molar-refractivity contribution in [3.63, 3.8) is 0 Å². The van der Waals surface area contributed by atoms with Gasteiger partial charge in [0, 0.05) is 24.4 Å². The second-order valence-corrected chi connectivity index (χ2v) is 7.02. The first kappa shape index (κ1) is 18.9. The molecule has 1 heterocycles. The maximum absolute atomic E-state index is 12.9. The van der Waals surface area contributed by atoms with Crippen molar-refractivity contribution in [2.75, 3.05) is 13.1 Å². The minimum Gasteiger partial charge on any atom is -0.335 e. The third-order valence-electron chi connectivity index (χ3n) is 4.12. The number of benzene rings is 2. The van der Waals surface area contributed by atoms with Gasteiger partial charge in [-0.3, -0.25) is 9.89 Å². The van der Waals surface area contributed by atoms with E-state index in [-0.39, 0.29) is 5.91 Å². The summed E-state index contributed by atoms with van der Waals surface area (Å²) in [6, 6.07) is 17.9. The fourth-order valence-corrected chi connectivity index (χ4v) is 3.42. The standard InChI is InChI=1S/C21H22N4OS/c1-2-13-25(14-12-17-6-4-3-5-7-17)20(26)19-10-8-18(9-11-19)15-27-21-22-16-23-24-21/h2-11,16H,1,12-15H2,(H,22,23,24). The zero-order chi connectivity index (χ0) is 18.9. The van der Waals surface area contributed by atoms with Crippen LogP contribution in [-0.4, -0.2) is 39.1 Å². The van der Waals surface area contributed by atoms with Crippen LogP contribution in [0, 0.1) is 0 Å². The van der Waals surface area contributed by atoms with Crippen molar-refractivity contribution >= 4 is 17.7 Å². The molecule has 3 aromatic rings. The second-order valence-electron chi connectivity index (χ2n) is 6.05. The number of H-pyrrole nitrogens is 1. The van der Waals surface area contributed by atoms with Crippen LogP contribution in [0.4, 0.5) is 0 Å². The summed E-state index contributed by atoms with van der Waals surface area (Å²) in [4.78, 5) is 18.8. The van der Waals surface area contributed by atoms with Crippen molar-refractivity contribution in [2.45, 2.75) is 17.3 Å². The summed E-state index contributed by atoms with van der Waals surface area (Å²) in [5.41, 5.74) is 3.05. The molecule has 0 spiro atoms. The molecule has 1 amide bonds. The van der Waals surface area contributed by atoms with Gasteiger partial charge in [-0.05, 0) is 29.7 Å². The van der Waals surface area contributed by atoms with Crippen molar-refractivity contribution in [1.82, 2.24) is 20.1 Å². The molecule has 0 atom stereocenters.